The van der Waals surface area contributed by atoms with Gasteiger partial charge in [-0.15, -0.1) is 0 Å². The minimum Gasteiger partial charge on any atom is -0.394 e. The molecule has 1 aliphatic rings. The first-order chi connectivity index (χ1) is 6.14. The molecule has 1 atom stereocenters. The number of thioether (sulfide) groups is 1. The number of hydrogen-bond donors (Lipinski definition) is 2. The van der Waals surface area contributed by atoms with Crippen LogP contribution in [0.15, 0.2) is 0 Å². The minimum absolute atomic E-state index is 0.00637. The Morgan fingerprint density at radius 3 is 2.46 bits per heavy atom. The predicted molar refractivity (Wildman–Crippen MR) is 59.2 cm³/mol. The van der Waals surface area contributed by atoms with Crippen LogP contribution in [0.1, 0.15) is 26.7 Å². The molecule has 3 heteroatoms. The van der Waals surface area contributed by atoms with E-state index in [1.54, 1.807) is 0 Å². The highest BCUT2D eigenvalue weighted by Crippen LogP contribution is 2.41. The van der Waals surface area contributed by atoms with Crippen molar-refractivity contribution < 1.29 is 5.11 Å². The van der Waals surface area contributed by atoms with Gasteiger partial charge in [-0.05, 0) is 25.0 Å². The van der Waals surface area contributed by atoms with E-state index in [1.807, 2.05) is 11.8 Å². The molecule has 2 nitrogen and oxygen atoms in total. The molecular formula is C10H21NOS. The van der Waals surface area contributed by atoms with Crippen LogP contribution < -0.4 is 5.32 Å². The van der Waals surface area contributed by atoms with Crippen molar-refractivity contribution in [1.29, 1.82) is 0 Å². The van der Waals surface area contributed by atoms with E-state index in [4.69, 9.17) is 0 Å². The smallest absolute Gasteiger partial charge is 0.0624 e. The summed E-state index contributed by atoms with van der Waals surface area (Å²) in [6, 6.07) is 0.458. The largest absolute Gasteiger partial charge is 0.394 e. The highest BCUT2D eigenvalue weighted by molar-refractivity contribution is 7.98. The lowest BCUT2D eigenvalue weighted by atomic mass is 9.95. The maximum absolute atomic E-state index is 9.49. The summed E-state index contributed by atoms with van der Waals surface area (Å²) in [6.07, 6.45) is 4.66. The lowest BCUT2D eigenvalue weighted by Crippen LogP contribution is -2.55. The summed E-state index contributed by atoms with van der Waals surface area (Å²) < 4.78 is 0. The van der Waals surface area contributed by atoms with Gasteiger partial charge < -0.3 is 10.4 Å². The molecule has 0 aromatic rings. The van der Waals surface area contributed by atoms with Crippen LogP contribution in [-0.4, -0.2) is 35.3 Å². The molecule has 0 aromatic carbocycles. The molecule has 1 saturated carbocycles. The second-order valence-electron chi connectivity index (χ2n) is 4.32. The minimum atomic E-state index is -0.00637. The van der Waals surface area contributed by atoms with Crippen LogP contribution in [0.2, 0.25) is 0 Å². The Kier molecular flexibility index (Phi) is 4.07. The molecule has 1 fully saturated rings. The molecule has 1 aliphatic carbocycles. The average Bonchev–Trinajstić information content (AvgIpc) is 2.85. The first-order valence-electron chi connectivity index (χ1n) is 5.02. The van der Waals surface area contributed by atoms with Crippen LogP contribution in [0.25, 0.3) is 0 Å². The van der Waals surface area contributed by atoms with E-state index in [9.17, 15) is 5.11 Å². The zero-order valence-electron chi connectivity index (χ0n) is 8.84. The van der Waals surface area contributed by atoms with Gasteiger partial charge in [0.25, 0.3) is 0 Å². The van der Waals surface area contributed by atoms with Gasteiger partial charge in [0.15, 0.2) is 0 Å². The Bertz CT molecular complexity index is 159. The van der Waals surface area contributed by atoms with Gasteiger partial charge in [0.1, 0.15) is 0 Å². The normalized spacial score (nSPS) is 21.9. The van der Waals surface area contributed by atoms with Crippen LogP contribution >= 0.6 is 11.8 Å². The van der Waals surface area contributed by atoms with Crippen molar-refractivity contribution in [2.75, 3.05) is 18.6 Å². The maximum atomic E-state index is 9.49. The molecule has 0 spiro atoms. The molecule has 0 saturated heterocycles. The first kappa shape index (κ1) is 11.3. The second-order valence-corrected chi connectivity index (χ2v) is 5.19. The molecule has 0 amide bonds. The fourth-order valence-corrected chi connectivity index (χ4v) is 2.89. The van der Waals surface area contributed by atoms with Crippen LogP contribution in [0.4, 0.5) is 0 Å². The fourth-order valence-electron chi connectivity index (χ4n) is 1.97. The third-order valence-corrected chi connectivity index (χ3v) is 3.42. The molecule has 78 valence electrons. The summed E-state index contributed by atoms with van der Waals surface area (Å²) in [5, 5.41) is 13.0. The number of aliphatic hydroxyl groups excluding tert-OH is 1. The lowest BCUT2D eigenvalue weighted by molar-refractivity contribution is 0.150. The SMILES string of the molecule is CSCC(CO)(NC(C)C)C1CC1. The quantitative estimate of drug-likeness (QED) is 0.686. The summed E-state index contributed by atoms with van der Waals surface area (Å²) in [7, 11) is 0. The molecule has 0 radical (unpaired) electrons. The van der Waals surface area contributed by atoms with Gasteiger partial charge in [-0.2, -0.15) is 11.8 Å². The zero-order valence-corrected chi connectivity index (χ0v) is 9.66. The Hall–Kier alpha value is 0.270. The van der Waals surface area contributed by atoms with E-state index >= 15 is 0 Å². The summed E-state index contributed by atoms with van der Waals surface area (Å²) in [4.78, 5) is 0. The van der Waals surface area contributed by atoms with Gasteiger partial charge in [0.2, 0.25) is 0 Å². The molecule has 0 bridgehead atoms. The molecule has 13 heavy (non-hydrogen) atoms. The third kappa shape index (κ3) is 2.86. The third-order valence-electron chi connectivity index (χ3n) is 2.62. The van der Waals surface area contributed by atoms with Crippen LogP contribution in [0, 0.1) is 5.92 Å². The van der Waals surface area contributed by atoms with E-state index in [0.29, 0.717) is 12.0 Å². The molecule has 2 N–H and O–H groups in total. The monoisotopic (exact) mass is 203 g/mol. The topological polar surface area (TPSA) is 32.3 Å². The fraction of sp³-hybridized carbons (Fsp3) is 1.00. The van der Waals surface area contributed by atoms with Crippen molar-refractivity contribution in [2.45, 2.75) is 38.3 Å². The lowest BCUT2D eigenvalue weighted by Gasteiger charge is -2.35. The first-order valence-corrected chi connectivity index (χ1v) is 6.41. The van der Waals surface area contributed by atoms with Crippen molar-refractivity contribution in [3.8, 4) is 0 Å². The Morgan fingerprint density at radius 2 is 2.15 bits per heavy atom. The molecule has 1 rings (SSSR count). The molecule has 0 aliphatic heterocycles. The summed E-state index contributed by atoms with van der Waals surface area (Å²) in [5.74, 6) is 1.72. The van der Waals surface area contributed by atoms with Crippen molar-refractivity contribution in [2.24, 2.45) is 5.92 Å². The summed E-state index contributed by atoms with van der Waals surface area (Å²) in [6.45, 7) is 4.57. The predicted octanol–water partition coefficient (Wildman–Crippen LogP) is 1.49. The zero-order chi connectivity index (χ0) is 9.90. The molecule has 0 aromatic heterocycles. The highest BCUT2D eigenvalue weighted by atomic mass is 32.2. The standard InChI is InChI=1S/C10H21NOS/c1-8(2)11-10(6-12,7-13-3)9-4-5-9/h8-9,11-12H,4-7H2,1-3H3. The number of aliphatic hydroxyl groups is 1. The van der Waals surface area contributed by atoms with Gasteiger partial charge in [-0.3, -0.25) is 0 Å². The van der Waals surface area contributed by atoms with E-state index < -0.39 is 0 Å². The van der Waals surface area contributed by atoms with Gasteiger partial charge >= 0.3 is 0 Å². The van der Waals surface area contributed by atoms with Gasteiger partial charge in [-0.25, -0.2) is 0 Å². The number of hydrogen-bond acceptors (Lipinski definition) is 3. The average molecular weight is 203 g/mol. The van der Waals surface area contributed by atoms with E-state index in [0.717, 1.165) is 5.75 Å². The molecular weight excluding hydrogens is 182 g/mol. The van der Waals surface area contributed by atoms with E-state index in [-0.39, 0.29) is 12.1 Å². The van der Waals surface area contributed by atoms with E-state index in [1.165, 1.54) is 12.8 Å². The van der Waals surface area contributed by atoms with Gasteiger partial charge in [-0.1, -0.05) is 13.8 Å². The van der Waals surface area contributed by atoms with Crippen LogP contribution in [0.5, 0.6) is 0 Å². The Balaban J connectivity index is 2.57. The summed E-state index contributed by atoms with van der Waals surface area (Å²) in [5.41, 5.74) is -0.00637. The Labute approximate surface area is 85.5 Å². The number of rotatable bonds is 6. The second kappa shape index (κ2) is 4.67. The molecule has 0 heterocycles. The summed E-state index contributed by atoms with van der Waals surface area (Å²) >= 11 is 1.82. The van der Waals surface area contributed by atoms with Crippen LogP contribution in [-0.2, 0) is 0 Å². The van der Waals surface area contributed by atoms with Gasteiger partial charge in [0, 0.05) is 11.8 Å². The van der Waals surface area contributed by atoms with Gasteiger partial charge in [0.05, 0.1) is 12.1 Å². The Morgan fingerprint density at radius 1 is 1.54 bits per heavy atom. The van der Waals surface area contributed by atoms with Crippen molar-refractivity contribution in [1.82, 2.24) is 5.32 Å². The van der Waals surface area contributed by atoms with Crippen molar-refractivity contribution in [3.63, 3.8) is 0 Å². The molecule has 1 unspecified atom stereocenters. The van der Waals surface area contributed by atoms with E-state index in [2.05, 4.69) is 25.4 Å². The van der Waals surface area contributed by atoms with Crippen molar-refractivity contribution >= 4 is 11.8 Å². The highest BCUT2D eigenvalue weighted by Gasteiger charge is 2.44. The number of nitrogens with one attached hydrogen (secondary N) is 1. The maximum Gasteiger partial charge on any atom is 0.0624 e. The van der Waals surface area contributed by atoms with Crippen LogP contribution in [0.3, 0.4) is 0 Å². The van der Waals surface area contributed by atoms with Crippen molar-refractivity contribution in [3.05, 3.63) is 0 Å².